The molecule has 0 spiro atoms. The maximum atomic E-state index is 11.2. The lowest BCUT2D eigenvalue weighted by Crippen LogP contribution is -2.21. The van der Waals surface area contributed by atoms with Gasteiger partial charge in [-0.2, -0.15) is 0 Å². The molecular weight excluding hydrogens is 1280 g/mol. The Hall–Kier alpha value is -9.40. The largest absolute Gasteiger partial charge is 0.392 e. The zero-order chi connectivity index (χ0) is 71.8. The van der Waals surface area contributed by atoms with Gasteiger partial charge in [-0.25, -0.2) is 0 Å². The zero-order valence-electron chi connectivity index (χ0n) is 59.5. The molecule has 1 fully saturated rings. The van der Waals surface area contributed by atoms with E-state index in [9.17, 15) is 44.6 Å². The Morgan fingerprint density at radius 3 is 1.45 bits per heavy atom. The van der Waals surface area contributed by atoms with Crippen molar-refractivity contribution in [3.05, 3.63) is 325 Å². The third-order valence-corrected chi connectivity index (χ3v) is 20.8. The molecule has 1 aliphatic heterocycles. The van der Waals surface area contributed by atoms with Crippen LogP contribution in [0.1, 0.15) is 236 Å². The maximum Gasteiger partial charge on any atom is 0.273 e. The zero-order valence-corrected chi connectivity index (χ0v) is 59.5. The highest BCUT2D eigenvalue weighted by molar-refractivity contribution is 6.02. The van der Waals surface area contributed by atoms with Gasteiger partial charge < -0.3 is 25.8 Å². The Balaban J connectivity index is 0.000000134. The summed E-state index contributed by atoms with van der Waals surface area (Å²) in [6, 6.07) is 56.8. The molecule has 19 rings (SSSR count). The lowest BCUT2D eigenvalue weighted by Gasteiger charge is -2.08. The Kier molecular flexibility index (Phi) is 26.2. The number of carbonyl (C=O) groups excluding carboxylic acids is 4. The number of rotatable bonds is 1. The number of fused-ring (bicyclic) bond motifs is 11. The number of ketones is 4. The first kappa shape index (κ1) is 77.8. The van der Waals surface area contributed by atoms with Crippen molar-refractivity contribution >= 4 is 34.9 Å². The number of ether oxygens (including phenoxy) is 1. The van der Waals surface area contributed by atoms with Crippen LogP contribution < -0.4 is 5.73 Å². The van der Waals surface area contributed by atoms with Crippen LogP contribution in [0.15, 0.2) is 176 Å². The lowest BCUT2D eigenvalue weighted by molar-refractivity contribution is -0.385. The van der Waals surface area contributed by atoms with Crippen LogP contribution in [0.25, 0.3) is 6.08 Å². The molecule has 0 saturated carbocycles. The fourth-order valence-corrected chi connectivity index (χ4v) is 14.9. The number of nitrogens with two attached hydrogens (primary N) is 1. The highest BCUT2D eigenvalue weighted by Crippen LogP contribution is 2.49. The van der Waals surface area contributed by atoms with Gasteiger partial charge in [-0.05, 0) is 184 Å². The fourth-order valence-electron chi connectivity index (χ4n) is 14.9. The molecule has 0 radical (unpaired) electrons. The summed E-state index contributed by atoms with van der Waals surface area (Å²) >= 11 is 0. The number of nitro benzene ring substituents is 1. The molecule has 0 aromatic heterocycles. The van der Waals surface area contributed by atoms with Crippen molar-refractivity contribution in [3.8, 4) is 0 Å². The van der Waals surface area contributed by atoms with Gasteiger partial charge in [0.15, 0.2) is 23.1 Å². The Morgan fingerprint density at radius 1 is 0.427 bits per heavy atom. The topological polar surface area (TPSA) is 211 Å². The van der Waals surface area contributed by atoms with Crippen molar-refractivity contribution in [2.45, 2.75) is 203 Å². The number of aliphatic hydroxyl groups is 3. The van der Waals surface area contributed by atoms with Gasteiger partial charge in [0.2, 0.25) is 0 Å². The average molecular weight is 1380 g/mol. The number of hydrogen-bond acceptors (Lipinski definition) is 11. The number of hydrogen-bond donors (Lipinski definition) is 4. The summed E-state index contributed by atoms with van der Waals surface area (Å²) in [6.07, 6.45) is 16.2. The fraction of sp³-hybridized carbons (Fsp3) is 0.341. The van der Waals surface area contributed by atoms with Crippen LogP contribution in [-0.2, 0) is 62.5 Å². The monoisotopic (exact) mass is 1380 g/mol. The number of aryl methyl sites for hydroxylation is 11. The number of aliphatic hydroxyl groups excluding tert-OH is 3. The van der Waals surface area contributed by atoms with Crippen molar-refractivity contribution in [3.63, 3.8) is 0 Å². The number of nitro groups is 1. The summed E-state index contributed by atoms with van der Waals surface area (Å²) in [7, 11) is 0. The van der Waals surface area contributed by atoms with Gasteiger partial charge in [0.05, 0.1) is 35.4 Å². The maximum absolute atomic E-state index is 11.2. The molecule has 536 valence electrons. The molecule has 103 heavy (non-hydrogen) atoms. The summed E-state index contributed by atoms with van der Waals surface area (Å²) in [5.41, 5.74) is 35.5. The number of nitrogens with zero attached hydrogens (tertiary/aromatic N) is 1. The third-order valence-electron chi connectivity index (χ3n) is 20.8. The Morgan fingerprint density at radius 2 is 0.864 bits per heavy atom. The summed E-state index contributed by atoms with van der Waals surface area (Å²) in [5, 5.41) is 39.2. The number of carbonyl (C=O) groups is 4. The molecule has 9 aromatic rings. The van der Waals surface area contributed by atoms with E-state index in [2.05, 4.69) is 162 Å². The minimum atomic E-state index is -0.433. The quantitative estimate of drug-likeness (QED) is 0.0690. The second-order valence-corrected chi connectivity index (χ2v) is 28.6. The van der Waals surface area contributed by atoms with E-state index in [1.807, 2.05) is 57.2 Å². The van der Waals surface area contributed by atoms with Crippen LogP contribution in [0.3, 0.4) is 0 Å². The van der Waals surface area contributed by atoms with Crippen molar-refractivity contribution < 1.29 is 44.2 Å². The van der Waals surface area contributed by atoms with Crippen LogP contribution in [0, 0.1) is 58.6 Å². The van der Waals surface area contributed by atoms with Gasteiger partial charge in [0.1, 0.15) is 6.10 Å². The highest BCUT2D eigenvalue weighted by atomic mass is 16.6. The van der Waals surface area contributed by atoms with E-state index < -0.39 is 4.92 Å². The van der Waals surface area contributed by atoms with E-state index in [0.717, 1.165) is 79.2 Å². The summed E-state index contributed by atoms with van der Waals surface area (Å²) < 4.78 is 5.43. The number of allylic oxidation sites excluding steroid dienone is 1. The summed E-state index contributed by atoms with van der Waals surface area (Å²) in [4.78, 5) is 54.8. The SMILES string of the molecule is C.C.Cc1ccc2c(c1)C(=O)CC2.Cc1ccc2c(c1)C(=O)CC2.Cc1ccc2c(c1)C(O)CC2.Cc1ccc2c(c1)C1OC1C2.Cc1ccc2c(c1)C=CC2.Cc1ccc2c(c1)[C@@H](C)[C@H](O)C2.Cc1ccc2c(c1)[C@@H](N)[C@H](O)C2.O=C1CCc2c1cccc2[N+](=O)[O-].O=C1CCc2ccccc21. The molecule has 12 heteroatoms. The van der Waals surface area contributed by atoms with E-state index in [0.29, 0.717) is 85.1 Å². The van der Waals surface area contributed by atoms with Crippen molar-refractivity contribution in [1.82, 2.24) is 0 Å². The molecule has 0 amide bonds. The lowest BCUT2D eigenvalue weighted by atomic mass is 10.0. The van der Waals surface area contributed by atoms with E-state index in [4.69, 9.17) is 10.5 Å². The molecule has 3 unspecified atom stereocenters. The van der Waals surface area contributed by atoms with Gasteiger partial charge in [0.25, 0.3) is 5.69 Å². The Bertz CT molecular complexity index is 4460. The molecule has 1 saturated heterocycles. The van der Waals surface area contributed by atoms with Crippen molar-refractivity contribution in [2.75, 3.05) is 0 Å². The molecule has 7 atom stereocenters. The predicted molar refractivity (Wildman–Crippen MR) is 414 cm³/mol. The molecule has 0 bridgehead atoms. The van der Waals surface area contributed by atoms with Gasteiger partial charge in [0, 0.05) is 78.3 Å². The van der Waals surface area contributed by atoms with E-state index in [1.54, 1.807) is 12.1 Å². The van der Waals surface area contributed by atoms with Gasteiger partial charge >= 0.3 is 0 Å². The van der Waals surface area contributed by atoms with Crippen LogP contribution >= 0.6 is 0 Å². The first-order chi connectivity index (χ1) is 48.5. The first-order valence-corrected chi connectivity index (χ1v) is 35.7. The first-order valence-electron chi connectivity index (χ1n) is 35.7. The van der Waals surface area contributed by atoms with Crippen LogP contribution in [0.2, 0.25) is 0 Å². The second-order valence-electron chi connectivity index (χ2n) is 28.6. The van der Waals surface area contributed by atoms with E-state index in [-0.39, 0.29) is 50.7 Å². The average Bonchev–Trinajstić information content (AvgIpc) is 1.60. The number of Topliss-reactive ketones (excluding diaryl/α,β-unsaturated/α-hetero) is 4. The highest BCUT2D eigenvalue weighted by Gasteiger charge is 2.47. The molecule has 10 aliphatic rings. The smallest absolute Gasteiger partial charge is 0.273 e. The van der Waals surface area contributed by atoms with E-state index in [1.165, 1.54) is 106 Å². The van der Waals surface area contributed by atoms with Gasteiger partial charge in [-0.3, -0.25) is 29.3 Å². The Labute approximate surface area is 609 Å². The van der Waals surface area contributed by atoms with Crippen molar-refractivity contribution in [2.24, 2.45) is 5.73 Å². The van der Waals surface area contributed by atoms with Crippen molar-refractivity contribution in [1.29, 1.82) is 0 Å². The minimum Gasteiger partial charge on any atom is -0.392 e. The number of epoxide rings is 1. The second kappa shape index (κ2) is 34.7. The van der Waals surface area contributed by atoms with Crippen LogP contribution in [-0.4, -0.2) is 61.7 Å². The molecule has 12 nitrogen and oxygen atoms in total. The molecular formula is C91H102N2O10. The van der Waals surface area contributed by atoms with Gasteiger partial charge in [-0.1, -0.05) is 225 Å². The molecule has 9 aromatic carbocycles. The van der Waals surface area contributed by atoms with Crippen LogP contribution in [0.5, 0.6) is 0 Å². The molecule has 9 aliphatic carbocycles. The van der Waals surface area contributed by atoms with Crippen LogP contribution in [0.4, 0.5) is 5.69 Å². The van der Waals surface area contributed by atoms with Gasteiger partial charge in [-0.15, -0.1) is 0 Å². The van der Waals surface area contributed by atoms with E-state index >= 15 is 0 Å². The minimum absolute atomic E-state index is 0. The third kappa shape index (κ3) is 19.1. The predicted octanol–water partition coefficient (Wildman–Crippen LogP) is 18.5. The summed E-state index contributed by atoms with van der Waals surface area (Å²) in [6.45, 7) is 16.6. The molecule has 5 N–H and O–H groups in total. The standard InChI is InChI=1S/C11H14O.C10H13NO.C10H10O.C10H12O.2C10H10O.C10H10.C9H7NO3.C9H8O.2CH4/c1-7-3-4-9-6-11(12)8(2)10(9)5-7;1-6-2-3-7-5-9(12)10(11)8(7)4-6;1-6-2-3-7-5-9-10(11-9)8(7)4-6;3*1-7-2-3-8-4-5-10(11)9(8)6-7;1-8-5-6-9-3-2-4-10(9)7-8;11-9-5-4-6-7(9)2-1-3-8(6)10(12)13;10-9-6-5-7-3-1-2-4-8(7)9;;/h3-5,8,11-12H,6H2,1-2H3;2-4,9-10,12H,5,11H2,1H3;2-4,9-10H,5H2,1H3;2-3,6,10-11H,4-5H2,1H3;2*2-3,6H,4-5H2,1H3;2,4-7H,3H2,1H3;1-3H,4-5H2;1-4H,5-6H2;2*1H4/t8-,11-;9-,10-;;;;;;;;;/m11........./s1. The number of benzene rings is 9. The molecule has 1 heterocycles. The normalized spacial score (nSPS) is 19.9. The summed E-state index contributed by atoms with van der Waals surface area (Å²) in [5.74, 6) is 1.25.